The second-order valence-corrected chi connectivity index (χ2v) is 5.23. The van der Waals surface area contributed by atoms with E-state index in [9.17, 15) is 14.3 Å². The molecule has 112 valence electrons. The van der Waals surface area contributed by atoms with Gasteiger partial charge in [-0.15, -0.1) is 0 Å². The molecule has 0 saturated carbocycles. The quantitative estimate of drug-likeness (QED) is 0.759. The van der Waals surface area contributed by atoms with Crippen LogP contribution in [0.1, 0.15) is 29.3 Å². The van der Waals surface area contributed by atoms with Crippen molar-refractivity contribution in [2.24, 2.45) is 5.92 Å². The van der Waals surface area contributed by atoms with Crippen molar-refractivity contribution in [3.8, 4) is 11.8 Å². The molecule has 1 aromatic rings. The lowest BCUT2D eigenvalue weighted by Crippen LogP contribution is -2.46. The van der Waals surface area contributed by atoms with E-state index >= 15 is 0 Å². The summed E-state index contributed by atoms with van der Waals surface area (Å²) in [6.07, 6.45) is 0.142. The molecule has 0 bridgehead atoms. The first-order valence-electron chi connectivity index (χ1n) is 6.89. The van der Waals surface area contributed by atoms with Gasteiger partial charge in [0.1, 0.15) is 12.4 Å². The van der Waals surface area contributed by atoms with Gasteiger partial charge in [-0.2, -0.15) is 0 Å². The highest BCUT2D eigenvalue weighted by molar-refractivity contribution is 5.96. The van der Waals surface area contributed by atoms with Crippen molar-refractivity contribution in [3.05, 3.63) is 35.1 Å². The highest BCUT2D eigenvalue weighted by Crippen LogP contribution is 2.20. The number of hydrogen-bond donors (Lipinski definition) is 2. The van der Waals surface area contributed by atoms with Gasteiger partial charge in [0, 0.05) is 18.7 Å². The number of benzene rings is 1. The van der Waals surface area contributed by atoms with Crippen molar-refractivity contribution in [1.82, 2.24) is 4.90 Å². The van der Waals surface area contributed by atoms with E-state index in [2.05, 4.69) is 11.8 Å². The highest BCUT2D eigenvalue weighted by Gasteiger charge is 2.28. The summed E-state index contributed by atoms with van der Waals surface area (Å²) < 4.78 is 13.4. The number of aliphatic hydroxyl groups is 2. The summed E-state index contributed by atoms with van der Waals surface area (Å²) in [7, 11) is 0. The van der Waals surface area contributed by atoms with Crippen LogP contribution in [-0.4, -0.2) is 46.8 Å². The van der Waals surface area contributed by atoms with Crippen LogP contribution in [0.3, 0.4) is 0 Å². The lowest BCUT2D eigenvalue weighted by atomic mass is 9.95. The fourth-order valence-corrected chi connectivity index (χ4v) is 2.34. The van der Waals surface area contributed by atoms with Gasteiger partial charge in [-0.1, -0.05) is 18.8 Å². The number of aliphatic hydroxyl groups excluding tert-OH is 2. The summed E-state index contributed by atoms with van der Waals surface area (Å²) >= 11 is 0. The van der Waals surface area contributed by atoms with Gasteiger partial charge in [0.25, 0.3) is 5.91 Å². The van der Waals surface area contributed by atoms with Crippen molar-refractivity contribution in [3.63, 3.8) is 0 Å². The molecule has 1 fully saturated rings. The Labute approximate surface area is 123 Å². The molecule has 1 saturated heterocycles. The number of rotatable bonds is 1. The number of carbonyl (C=O) groups excluding carboxylic acids is 1. The summed E-state index contributed by atoms with van der Waals surface area (Å²) in [6.45, 7) is 2.38. The second-order valence-electron chi connectivity index (χ2n) is 5.23. The van der Waals surface area contributed by atoms with Gasteiger partial charge in [0.2, 0.25) is 0 Å². The van der Waals surface area contributed by atoms with E-state index in [1.807, 2.05) is 6.92 Å². The Kier molecular flexibility index (Phi) is 4.94. The Balaban J connectivity index is 2.28. The van der Waals surface area contributed by atoms with Crippen molar-refractivity contribution in [1.29, 1.82) is 0 Å². The molecule has 4 nitrogen and oxygen atoms in total. The first-order valence-corrected chi connectivity index (χ1v) is 6.89. The van der Waals surface area contributed by atoms with Gasteiger partial charge >= 0.3 is 0 Å². The minimum Gasteiger partial charge on any atom is -0.391 e. The summed E-state index contributed by atoms with van der Waals surface area (Å²) in [5.74, 6) is 4.40. The zero-order valence-corrected chi connectivity index (χ0v) is 11.8. The summed E-state index contributed by atoms with van der Waals surface area (Å²) in [6, 6.07) is 3.80. The van der Waals surface area contributed by atoms with E-state index in [0.717, 1.165) is 6.07 Å². The van der Waals surface area contributed by atoms with Crippen LogP contribution < -0.4 is 0 Å². The first kappa shape index (κ1) is 15.5. The summed E-state index contributed by atoms with van der Waals surface area (Å²) in [5, 5.41) is 18.6. The maximum absolute atomic E-state index is 13.4. The van der Waals surface area contributed by atoms with Crippen LogP contribution in [0.25, 0.3) is 0 Å². The number of hydrogen-bond acceptors (Lipinski definition) is 3. The van der Waals surface area contributed by atoms with E-state index in [1.54, 1.807) is 0 Å². The topological polar surface area (TPSA) is 60.8 Å². The molecule has 2 N–H and O–H groups in total. The van der Waals surface area contributed by atoms with Crippen LogP contribution >= 0.6 is 0 Å². The molecule has 1 aliphatic rings. The zero-order valence-electron chi connectivity index (χ0n) is 11.8. The molecule has 0 aromatic heterocycles. The first-order chi connectivity index (χ1) is 10.0. The van der Waals surface area contributed by atoms with Gasteiger partial charge in [-0.25, -0.2) is 4.39 Å². The number of β-amino-alcohol motifs (C(OH)–C–C–N with tert-alkyl or cyclic N) is 1. The third-order valence-electron chi connectivity index (χ3n) is 3.72. The van der Waals surface area contributed by atoms with Gasteiger partial charge < -0.3 is 15.1 Å². The van der Waals surface area contributed by atoms with Gasteiger partial charge in [0.05, 0.1) is 11.7 Å². The van der Waals surface area contributed by atoms with Crippen LogP contribution in [0.5, 0.6) is 0 Å². The molecule has 1 aromatic carbocycles. The van der Waals surface area contributed by atoms with E-state index in [0.29, 0.717) is 18.5 Å². The zero-order chi connectivity index (χ0) is 15.4. The Hall–Kier alpha value is -1.90. The van der Waals surface area contributed by atoms with Crippen LogP contribution in [0.4, 0.5) is 4.39 Å². The van der Waals surface area contributed by atoms with Crippen LogP contribution in [0, 0.1) is 23.6 Å². The predicted molar refractivity (Wildman–Crippen MR) is 76.1 cm³/mol. The number of carbonyl (C=O) groups is 1. The summed E-state index contributed by atoms with van der Waals surface area (Å²) in [5.41, 5.74) is 0.543. The van der Waals surface area contributed by atoms with Crippen molar-refractivity contribution in [2.75, 3.05) is 19.7 Å². The lowest BCUT2D eigenvalue weighted by Gasteiger charge is -2.34. The van der Waals surface area contributed by atoms with E-state index in [1.165, 1.54) is 17.0 Å². The molecule has 1 heterocycles. The largest absolute Gasteiger partial charge is 0.391 e. The Morgan fingerprint density at radius 3 is 2.95 bits per heavy atom. The van der Waals surface area contributed by atoms with Crippen LogP contribution in [0.2, 0.25) is 0 Å². The average Bonchev–Trinajstić information content (AvgIpc) is 2.48. The molecule has 2 unspecified atom stereocenters. The number of likely N-dealkylation sites (tertiary alicyclic amines) is 1. The minimum absolute atomic E-state index is 0.148. The highest BCUT2D eigenvalue weighted by atomic mass is 19.1. The van der Waals surface area contributed by atoms with Crippen molar-refractivity contribution >= 4 is 5.91 Å². The van der Waals surface area contributed by atoms with Gasteiger partial charge in [-0.3, -0.25) is 4.79 Å². The smallest absolute Gasteiger partial charge is 0.255 e. The average molecular weight is 291 g/mol. The normalized spacial score (nSPS) is 21.6. The molecule has 21 heavy (non-hydrogen) atoms. The molecule has 0 spiro atoms. The monoisotopic (exact) mass is 291 g/mol. The number of nitrogens with zero attached hydrogens (tertiary/aromatic N) is 1. The number of piperidine rings is 1. The Bertz CT molecular complexity index is 591. The molecule has 1 aliphatic heterocycles. The van der Waals surface area contributed by atoms with Crippen molar-refractivity contribution in [2.45, 2.75) is 19.4 Å². The van der Waals surface area contributed by atoms with E-state index < -0.39 is 11.9 Å². The maximum Gasteiger partial charge on any atom is 0.255 e. The Morgan fingerprint density at radius 1 is 1.52 bits per heavy atom. The fourth-order valence-electron chi connectivity index (χ4n) is 2.34. The van der Waals surface area contributed by atoms with Crippen LogP contribution in [0.15, 0.2) is 18.2 Å². The third-order valence-corrected chi connectivity index (χ3v) is 3.72. The third kappa shape index (κ3) is 3.60. The molecule has 2 atom stereocenters. The SMILES string of the molecule is CC1CCN(C(=O)c2cc(F)ccc2C#CCO)CC1O. The summed E-state index contributed by atoms with van der Waals surface area (Å²) in [4.78, 5) is 14.0. The Morgan fingerprint density at radius 2 is 2.29 bits per heavy atom. The molecule has 0 aliphatic carbocycles. The van der Waals surface area contributed by atoms with Crippen molar-refractivity contribution < 1.29 is 19.4 Å². The maximum atomic E-state index is 13.4. The van der Waals surface area contributed by atoms with Gasteiger partial charge in [0.15, 0.2) is 0 Å². The number of amides is 1. The molecule has 2 rings (SSSR count). The second kappa shape index (κ2) is 6.70. The number of halogens is 1. The minimum atomic E-state index is -0.566. The molecular weight excluding hydrogens is 273 g/mol. The standard InChI is InChI=1S/C16H18FNO3/c1-11-6-7-18(10-15(11)20)16(21)14-9-13(17)5-4-12(14)3-2-8-19/h4-5,9,11,15,19-20H,6-8,10H2,1H3. The van der Waals surface area contributed by atoms with Crippen LogP contribution in [-0.2, 0) is 0 Å². The predicted octanol–water partition coefficient (Wildman–Crippen LogP) is 1.01. The molecular formula is C16H18FNO3. The molecule has 1 amide bonds. The lowest BCUT2D eigenvalue weighted by molar-refractivity contribution is 0.0248. The molecule has 5 heteroatoms. The van der Waals surface area contributed by atoms with E-state index in [4.69, 9.17) is 5.11 Å². The van der Waals surface area contributed by atoms with Gasteiger partial charge in [-0.05, 0) is 30.5 Å². The van der Waals surface area contributed by atoms with E-state index in [-0.39, 0.29) is 30.5 Å². The fraction of sp³-hybridized carbons (Fsp3) is 0.438. The molecule has 0 radical (unpaired) electrons.